The summed E-state index contributed by atoms with van der Waals surface area (Å²) in [7, 11) is 0. The molecule has 104 valence electrons. The summed E-state index contributed by atoms with van der Waals surface area (Å²) in [4.78, 5) is 15.3. The van der Waals surface area contributed by atoms with Crippen LogP contribution in [0.25, 0.3) is 0 Å². The minimum atomic E-state index is -0.584. The predicted molar refractivity (Wildman–Crippen MR) is 69.4 cm³/mol. The number of hydrogen-bond acceptors (Lipinski definition) is 3. The van der Waals surface area contributed by atoms with Crippen LogP contribution in [-0.2, 0) is 4.74 Å². The van der Waals surface area contributed by atoms with Crippen LogP contribution >= 0.6 is 0 Å². The molecule has 5 heteroatoms. The molecule has 0 aliphatic carbocycles. The van der Waals surface area contributed by atoms with Crippen molar-refractivity contribution in [1.29, 1.82) is 0 Å². The van der Waals surface area contributed by atoms with E-state index in [4.69, 9.17) is 4.74 Å². The molecule has 1 fully saturated rings. The average Bonchev–Trinajstić information content (AvgIpc) is 2.92. The monoisotopic (exact) mass is 266 g/mol. The Bertz CT molecular complexity index is 420. The first-order valence-corrected chi connectivity index (χ1v) is 6.76. The predicted octanol–water partition coefficient (Wildman–Crippen LogP) is 2.30. The summed E-state index contributed by atoms with van der Waals surface area (Å²) in [6.45, 7) is 1.44. The number of pyridine rings is 1. The molecule has 0 radical (unpaired) electrons. The second kappa shape index (κ2) is 7.19. The van der Waals surface area contributed by atoms with Crippen LogP contribution in [0.5, 0.6) is 0 Å². The largest absolute Gasteiger partial charge is 0.378 e. The van der Waals surface area contributed by atoms with Crippen LogP contribution in [0, 0.1) is 5.82 Å². The van der Waals surface area contributed by atoms with Crippen molar-refractivity contribution in [2.24, 2.45) is 0 Å². The van der Waals surface area contributed by atoms with Gasteiger partial charge in [0, 0.05) is 19.3 Å². The first-order valence-electron chi connectivity index (χ1n) is 6.76. The van der Waals surface area contributed by atoms with Crippen LogP contribution in [0.4, 0.5) is 4.39 Å². The van der Waals surface area contributed by atoms with E-state index in [1.807, 2.05) is 0 Å². The van der Waals surface area contributed by atoms with Gasteiger partial charge >= 0.3 is 0 Å². The fourth-order valence-electron chi connectivity index (χ4n) is 2.23. The van der Waals surface area contributed by atoms with E-state index in [1.165, 1.54) is 12.3 Å². The first kappa shape index (κ1) is 13.9. The summed E-state index contributed by atoms with van der Waals surface area (Å²) in [6, 6.07) is 1.39. The number of unbranched alkanes of at least 4 members (excludes halogenated alkanes) is 1. The molecule has 1 atom stereocenters. The minimum absolute atomic E-state index is 0.0501. The molecule has 4 nitrogen and oxygen atoms in total. The Morgan fingerprint density at radius 1 is 1.53 bits per heavy atom. The summed E-state index contributed by atoms with van der Waals surface area (Å²) >= 11 is 0. The third-order valence-electron chi connectivity index (χ3n) is 3.28. The molecule has 1 N–H and O–H groups in total. The van der Waals surface area contributed by atoms with Crippen LogP contribution in [0.2, 0.25) is 0 Å². The maximum absolute atomic E-state index is 13.3. The molecule has 0 saturated carbocycles. The van der Waals surface area contributed by atoms with Crippen molar-refractivity contribution in [2.75, 3.05) is 13.2 Å². The molecule has 19 heavy (non-hydrogen) atoms. The second-order valence-electron chi connectivity index (χ2n) is 4.74. The minimum Gasteiger partial charge on any atom is -0.378 e. The van der Waals surface area contributed by atoms with Gasteiger partial charge in [-0.2, -0.15) is 0 Å². The number of carbonyl (C=O) groups excluding carboxylic acids is 1. The van der Waals surface area contributed by atoms with E-state index >= 15 is 0 Å². The number of amides is 1. The van der Waals surface area contributed by atoms with Crippen molar-refractivity contribution in [3.63, 3.8) is 0 Å². The van der Waals surface area contributed by atoms with E-state index in [0.717, 1.165) is 44.9 Å². The van der Waals surface area contributed by atoms with E-state index in [2.05, 4.69) is 10.3 Å². The molecule has 1 amide bonds. The Balaban J connectivity index is 1.62. The molecule has 1 aliphatic heterocycles. The number of hydrogen-bond donors (Lipinski definition) is 1. The van der Waals surface area contributed by atoms with Crippen molar-refractivity contribution in [3.05, 3.63) is 29.8 Å². The average molecular weight is 266 g/mol. The zero-order valence-electron chi connectivity index (χ0n) is 10.9. The fraction of sp³-hybridized carbons (Fsp3) is 0.571. The second-order valence-corrected chi connectivity index (χ2v) is 4.74. The number of rotatable bonds is 6. The van der Waals surface area contributed by atoms with E-state index in [1.54, 1.807) is 0 Å². The lowest BCUT2D eigenvalue weighted by Gasteiger charge is -2.09. The van der Waals surface area contributed by atoms with Crippen LogP contribution in [0.15, 0.2) is 18.5 Å². The number of ether oxygens (including phenoxy) is 1. The summed E-state index contributed by atoms with van der Waals surface area (Å²) in [6.07, 6.45) is 8.11. The van der Waals surface area contributed by atoms with Gasteiger partial charge in [0.15, 0.2) is 5.82 Å². The van der Waals surface area contributed by atoms with Gasteiger partial charge in [-0.05, 0) is 38.2 Å². The Hall–Kier alpha value is -1.49. The van der Waals surface area contributed by atoms with Crippen LogP contribution < -0.4 is 5.32 Å². The molecular weight excluding hydrogens is 247 g/mol. The van der Waals surface area contributed by atoms with Gasteiger partial charge < -0.3 is 10.1 Å². The highest BCUT2D eigenvalue weighted by Gasteiger charge is 2.14. The smallest absolute Gasteiger partial charge is 0.254 e. The molecule has 0 unspecified atom stereocenters. The zero-order chi connectivity index (χ0) is 13.5. The number of aromatic nitrogens is 1. The van der Waals surface area contributed by atoms with Crippen molar-refractivity contribution < 1.29 is 13.9 Å². The van der Waals surface area contributed by atoms with Crippen molar-refractivity contribution in [3.8, 4) is 0 Å². The van der Waals surface area contributed by atoms with Gasteiger partial charge in [0.05, 0.1) is 17.9 Å². The van der Waals surface area contributed by atoms with Crippen LogP contribution in [0.1, 0.15) is 42.5 Å². The van der Waals surface area contributed by atoms with Gasteiger partial charge in [-0.25, -0.2) is 4.39 Å². The van der Waals surface area contributed by atoms with Gasteiger partial charge in [-0.1, -0.05) is 0 Å². The van der Waals surface area contributed by atoms with Crippen molar-refractivity contribution >= 4 is 5.91 Å². The quantitative estimate of drug-likeness (QED) is 0.804. The van der Waals surface area contributed by atoms with E-state index in [-0.39, 0.29) is 11.5 Å². The Morgan fingerprint density at radius 2 is 2.42 bits per heavy atom. The summed E-state index contributed by atoms with van der Waals surface area (Å²) < 4.78 is 18.8. The van der Waals surface area contributed by atoms with Gasteiger partial charge in [-0.15, -0.1) is 0 Å². The highest BCUT2D eigenvalue weighted by atomic mass is 19.1. The van der Waals surface area contributed by atoms with E-state index in [9.17, 15) is 9.18 Å². The van der Waals surface area contributed by atoms with E-state index < -0.39 is 5.82 Å². The highest BCUT2D eigenvalue weighted by Crippen LogP contribution is 2.17. The fourth-order valence-corrected chi connectivity index (χ4v) is 2.23. The van der Waals surface area contributed by atoms with Gasteiger partial charge in [-0.3, -0.25) is 9.78 Å². The Labute approximate surface area is 112 Å². The van der Waals surface area contributed by atoms with Crippen LogP contribution in [-0.4, -0.2) is 30.1 Å². The molecule has 1 aromatic rings. The topological polar surface area (TPSA) is 51.2 Å². The third-order valence-corrected chi connectivity index (χ3v) is 3.28. The number of nitrogens with zero attached hydrogens (tertiary/aromatic N) is 1. The summed E-state index contributed by atoms with van der Waals surface area (Å²) in [5.74, 6) is -0.962. The number of carbonyl (C=O) groups is 1. The highest BCUT2D eigenvalue weighted by molar-refractivity contribution is 5.94. The molecule has 2 heterocycles. The van der Waals surface area contributed by atoms with Crippen molar-refractivity contribution in [1.82, 2.24) is 10.3 Å². The van der Waals surface area contributed by atoms with E-state index in [0.29, 0.717) is 12.6 Å². The maximum atomic E-state index is 13.3. The molecule has 0 spiro atoms. The molecular formula is C14H19FN2O2. The first-order chi connectivity index (χ1) is 9.27. The molecule has 1 aliphatic rings. The normalized spacial score (nSPS) is 18.5. The number of halogens is 1. The zero-order valence-corrected chi connectivity index (χ0v) is 10.9. The standard InChI is InChI=1S/C14H19FN2O2/c15-13-10-16-8-6-12(13)14(18)17-7-2-1-4-11-5-3-9-19-11/h6,8,10-11H,1-5,7,9H2,(H,17,18)/t11-/m1/s1. The van der Waals surface area contributed by atoms with Crippen molar-refractivity contribution in [2.45, 2.75) is 38.2 Å². The third kappa shape index (κ3) is 4.28. The SMILES string of the molecule is O=C(NCCCC[C@@H]1CCCO1)c1ccncc1F. The van der Waals surface area contributed by atoms with Gasteiger partial charge in [0.2, 0.25) is 0 Å². The number of nitrogens with one attached hydrogen (secondary N) is 1. The molecule has 1 saturated heterocycles. The molecule has 0 bridgehead atoms. The molecule has 0 aromatic carbocycles. The lowest BCUT2D eigenvalue weighted by atomic mass is 10.1. The van der Waals surface area contributed by atoms with Gasteiger partial charge in [0.1, 0.15) is 0 Å². The van der Waals surface area contributed by atoms with Gasteiger partial charge in [0.25, 0.3) is 5.91 Å². The Morgan fingerprint density at radius 3 is 3.16 bits per heavy atom. The molecule has 1 aromatic heterocycles. The lowest BCUT2D eigenvalue weighted by molar-refractivity contribution is 0.0943. The summed E-state index contributed by atoms with van der Waals surface area (Å²) in [5.41, 5.74) is 0.0501. The lowest BCUT2D eigenvalue weighted by Crippen LogP contribution is -2.25. The van der Waals surface area contributed by atoms with Crippen LogP contribution in [0.3, 0.4) is 0 Å². The summed E-state index contributed by atoms with van der Waals surface area (Å²) in [5, 5.41) is 2.72. The maximum Gasteiger partial charge on any atom is 0.254 e. The molecule has 2 rings (SSSR count). The Kier molecular flexibility index (Phi) is 5.27.